The molecule has 4 aromatic rings. The van der Waals surface area contributed by atoms with Gasteiger partial charge >= 0.3 is 5.97 Å². The van der Waals surface area contributed by atoms with Crippen molar-refractivity contribution in [3.8, 4) is 5.75 Å². The van der Waals surface area contributed by atoms with Crippen LogP contribution in [0.5, 0.6) is 5.75 Å². The Kier molecular flexibility index (Phi) is 7.25. The molecule has 0 spiro atoms. The summed E-state index contributed by atoms with van der Waals surface area (Å²) in [6, 6.07) is 21.5. The summed E-state index contributed by atoms with van der Waals surface area (Å²) in [6.07, 6.45) is 3.27. The fourth-order valence-electron chi connectivity index (χ4n) is 3.31. The predicted octanol–water partition coefficient (Wildman–Crippen LogP) is 5.20. The van der Waals surface area contributed by atoms with E-state index in [9.17, 15) is 9.59 Å². The number of rotatable bonds is 8. The second kappa shape index (κ2) is 10.7. The monoisotopic (exact) mass is 475 g/mol. The van der Waals surface area contributed by atoms with E-state index >= 15 is 0 Å². The SMILES string of the molecule is COC(=O)c1ccccc1Cn1cc(NC(=O)c2ccc(COc3ccc(Cl)cc3)cc2)cn1. The molecule has 172 valence electrons. The van der Waals surface area contributed by atoms with E-state index in [1.54, 1.807) is 65.6 Å². The van der Waals surface area contributed by atoms with Crippen LogP contribution in [0.2, 0.25) is 5.02 Å². The summed E-state index contributed by atoms with van der Waals surface area (Å²) in [6.45, 7) is 0.743. The predicted molar refractivity (Wildman–Crippen MR) is 129 cm³/mol. The minimum Gasteiger partial charge on any atom is -0.489 e. The van der Waals surface area contributed by atoms with E-state index in [0.29, 0.717) is 35.0 Å². The van der Waals surface area contributed by atoms with Crippen molar-refractivity contribution in [1.29, 1.82) is 0 Å². The van der Waals surface area contributed by atoms with E-state index in [-0.39, 0.29) is 5.91 Å². The van der Waals surface area contributed by atoms with Crippen LogP contribution in [-0.4, -0.2) is 28.8 Å². The maximum atomic E-state index is 12.6. The number of aromatic nitrogens is 2. The minimum absolute atomic E-state index is 0.250. The van der Waals surface area contributed by atoms with Crippen molar-refractivity contribution < 1.29 is 19.1 Å². The fourth-order valence-corrected chi connectivity index (χ4v) is 3.44. The normalized spacial score (nSPS) is 10.5. The number of halogens is 1. The van der Waals surface area contributed by atoms with Crippen LogP contribution in [0.15, 0.2) is 85.2 Å². The van der Waals surface area contributed by atoms with Gasteiger partial charge in [0.2, 0.25) is 0 Å². The summed E-state index contributed by atoms with van der Waals surface area (Å²) in [5.74, 6) is 0.0652. The largest absolute Gasteiger partial charge is 0.489 e. The summed E-state index contributed by atoms with van der Waals surface area (Å²) in [7, 11) is 1.35. The Labute approximate surface area is 201 Å². The Balaban J connectivity index is 1.35. The van der Waals surface area contributed by atoms with E-state index in [1.807, 2.05) is 24.3 Å². The highest BCUT2D eigenvalue weighted by Crippen LogP contribution is 2.18. The van der Waals surface area contributed by atoms with Crippen LogP contribution in [-0.2, 0) is 17.9 Å². The number of carbonyl (C=O) groups excluding carboxylic acids is 2. The van der Waals surface area contributed by atoms with Crippen molar-refractivity contribution in [2.75, 3.05) is 12.4 Å². The average molecular weight is 476 g/mol. The first kappa shape index (κ1) is 23.1. The van der Waals surface area contributed by atoms with E-state index in [1.165, 1.54) is 7.11 Å². The van der Waals surface area contributed by atoms with Gasteiger partial charge in [-0.05, 0) is 53.6 Å². The molecule has 1 amide bonds. The van der Waals surface area contributed by atoms with E-state index in [4.69, 9.17) is 21.1 Å². The summed E-state index contributed by atoms with van der Waals surface area (Å²) in [5.41, 5.74) is 3.25. The molecule has 0 unspecified atom stereocenters. The highest BCUT2D eigenvalue weighted by atomic mass is 35.5. The Bertz CT molecular complexity index is 1280. The third kappa shape index (κ3) is 5.82. The van der Waals surface area contributed by atoms with Gasteiger partial charge in [-0.25, -0.2) is 4.79 Å². The molecule has 34 heavy (non-hydrogen) atoms. The van der Waals surface area contributed by atoms with Gasteiger partial charge in [-0.15, -0.1) is 0 Å². The standard InChI is InChI=1S/C26H22ClN3O4/c1-33-26(32)24-5-3-2-4-20(24)15-30-16-22(14-28-30)29-25(31)19-8-6-18(7-9-19)17-34-23-12-10-21(27)11-13-23/h2-14,16H,15,17H2,1H3,(H,29,31). The number of esters is 1. The van der Waals surface area contributed by atoms with Crippen molar-refractivity contribution in [3.63, 3.8) is 0 Å². The lowest BCUT2D eigenvalue weighted by atomic mass is 10.1. The van der Waals surface area contributed by atoms with Crippen molar-refractivity contribution >= 4 is 29.2 Å². The molecule has 0 radical (unpaired) electrons. The number of amides is 1. The lowest BCUT2D eigenvalue weighted by Gasteiger charge is -2.08. The van der Waals surface area contributed by atoms with Gasteiger partial charge in [0, 0.05) is 16.8 Å². The molecule has 0 aliphatic rings. The van der Waals surface area contributed by atoms with Crippen LogP contribution in [0, 0.1) is 0 Å². The maximum absolute atomic E-state index is 12.6. The van der Waals surface area contributed by atoms with Gasteiger partial charge in [0.25, 0.3) is 5.91 Å². The maximum Gasteiger partial charge on any atom is 0.338 e. The van der Waals surface area contributed by atoms with Crippen LogP contribution in [0.4, 0.5) is 5.69 Å². The van der Waals surface area contributed by atoms with Crippen LogP contribution < -0.4 is 10.1 Å². The van der Waals surface area contributed by atoms with Gasteiger partial charge in [0.05, 0.1) is 31.1 Å². The Morgan fingerprint density at radius 3 is 2.47 bits per heavy atom. The second-order valence-corrected chi connectivity index (χ2v) is 7.91. The number of benzene rings is 3. The van der Waals surface area contributed by atoms with Gasteiger partial charge in [-0.1, -0.05) is 41.9 Å². The van der Waals surface area contributed by atoms with Crippen LogP contribution in [0.25, 0.3) is 0 Å². The second-order valence-electron chi connectivity index (χ2n) is 7.47. The first-order valence-corrected chi connectivity index (χ1v) is 10.9. The number of anilines is 1. The molecule has 0 aliphatic carbocycles. The highest BCUT2D eigenvalue weighted by Gasteiger charge is 2.13. The molecule has 7 nitrogen and oxygen atoms in total. The molecule has 4 rings (SSSR count). The Morgan fingerprint density at radius 1 is 1.00 bits per heavy atom. The molecule has 1 aromatic heterocycles. The molecule has 8 heteroatoms. The Hall–Kier alpha value is -4.10. The molecule has 0 fully saturated rings. The molecule has 0 bridgehead atoms. The third-order valence-corrected chi connectivity index (χ3v) is 5.33. The van der Waals surface area contributed by atoms with Gasteiger partial charge in [0.15, 0.2) is 0 Å². The van der Waals surface area contributed by atoms with Gasteiger partial charge in [-0.2, -0.15) is 5.10 Å². The lowest BCUT2D eigenvalue weighted by molar-refractivity contribution is 0.0599. The molecule has 1 N–H and O–H groups in total. The lowest BCUT2D eigenvalue weighted by Crippen LogP contribution is -2.12. The smallest absolute Gasteiger partial charge is 0.338 e. The third-order valence-electron chi connectivity index (χ3n) is 5.08. The van der Waals surface area contributed by atoms with Gasteiger partial charge in [0.1, 0.15) is 12.4 Å². The number of hydrogen-bond acceptors (Lipinski definition) is 5. The van der Waals surface area contributed by atoms with Crippen LogP contribution in [0.3, 0.4) is 0 Å². The minimum atomic E-state index is -0.404. The Morgan fingerprint density at radius 2 is 1.74 bits per heavy atom. The van der Waals surface area contributed by atoms with E-state index in [2.05, 4.69) is 10.4 Å². The van der Waals surface area contributed by atoms with Crippen molar-refractivity contribution in [2.24, 2.45) is 0 Å². The van der Waals surface area contributed by atoms with Gasteiger partial charge < -0.3 is 14.8 Å². The number of methoxy groups -OCH3 is 1. The highest BCUT2D eigenvalue weighted by molar-refractivity contribution is 6.30. The first-order chi connectivity index (χ1) is 16.5. The number of nitrogens with one attached hydrogen (secondary N) is 1. The number of carbonyl (C=O) groups is 2. The quantitative estimate of drug-likeness (QED) is 0.354. The van der Waals surface area contributed by atoms with Crippen LogP contribution in [0.1, 0.15) is 31.8 Å². The molecule has 1 heterocycles. The molecule has 0 saturated carbocycles. The number of nitrogens with zero attached hydrogens (tertiary/aromatic N) is 2. The summed E-state index contributed by atoms with van der Waals surface area (Å²) >= 11 is 5.88. The molecule has 3 aromatic carbocycles. The zero-order valence-corrected chi connectivity index (χ0v) is 19.2. The van der Waals surface area contributed by atoms with Crippen molar-refractivity contribution in [1.82, 2.24) is 9.78 Å². The molecule has 0 saturated heterocycles. The number of ether oxygens (including phenoxy) is 2. The topological polar surface area (TPSA) is 82.5 Å². The zero-order chi connectivity index (χ0) is 23.9. The molecule has 0 aliphatic heterocycles. The summed E-state index contributed by atoms with van der Waals surface area (Å²) < 4.78 is 12.2. The molecular weight excluding hydrogens is 454 g/mol. The van der Waals surface area contributed by atoms with E-state index < -0.39 is 5.97 Å². The summed E-state index contributed by atoms with van der Waals surface area (Å²) in [5, 5.41) is 7.77. The van der Waals surface area contributed by atoms with Gasteiger partial charge in [-0.3, -0.25) is 9.48 Å². The first-order valence-electron chi connectivity index (χ1n) is 10.5. The average Bonchev–Trinajstić information content (AvgIpc) is 3.30. The molecular formula is C26H22ClN3O4. The zero-order valence-electron chi connectivity index (χ0n) is 18.4. The van der Waals surface area contributed by atoms with Crippen molar-refractivity contribution in [3.05, 3.63) is 112 Å². The fraction of sp³-hybridized carbons (Fsp3) is 0.115. The van der Waals surface area contributed by atoms with Crippen molar-refractivity contribution in [2.45, 2.75) is 13.2 Å². The molecule has 0 atom stereocenters. The van der Waals surface area contributed by atoms with E-state index in [0.717, 1.165) is 16.9 Å². The van der Waals surface area contributed by atoms with Crippen LogP contribution >= 0.6 is 11.6 Å². The summed E-state index contributed by atoms with van der Waals surface area (Å²) in [4.78, 5) is 24.6. The number of hydrogen-bond donors (Lipinski definition) is 1.